The third-order valence-corrected chi connectivity index (χ3v) is 2.58. The number of carbonyl (C=O) groups is 1. The molecule has 0 radical (unpaired) electrons. The minimum absolute atomic E-state index is 0.330. The van der Waals surface area contributed by atoms with Crippen LogP contribution in [0.5, 0.6) is 0 Å². The van der Waals surface area contributed by atoms with E-state index in [1.165, 1.54) is 7.11 Å². The zero-order valence-corrected chi connectivity index (χ0v) is 9.18. The summed E-state index contributed by atoms with van der Waals surface area (Å²) in [5, 5.41) is -0.782. The van der Waals surface area contributed by atoms with Crippen molar-refractivity contribution in [3.8, 4) is 0 Å². The monoisotopic (exact) mass is 232 g/mol. The Morgan fingerprint density at radius 3 is 2.71 bits per heavy atom. The molecule has 14 heavy (non-hydrogen) atoms. The maximum atomic E-state index is 11.2. The van der Waals surface area contributed by atoms with Gasteiger partial charge in [-0.1, -0.05) is 24.3 Å². The fraction of sp³-hybridized carbons (Fsp3) is 0.300. The maximum Gasteiger partial charge on any atom is 0.328 e. The Kier molecular flexibility index (Phi) is 4.23. The smallest absolute Gasteiger partial charge is 0.328 e. The van der Waals surface area contributed by atoms with Crippen molar-refractivity contribution in [2.24, 2.45) is 0 Å². The van der Waals surface area contributed by atoms with Gasteiger partial charge in [-0.05, 0) is 11.1 Å². The Bertz CT molecular complexity index is 326. The fourth-order valence-corrected chi connectivity index (χ4v) is 1.68. The Balaban J connectivity index is 2.99. The van der Waals surface area contributed by atoms with Crippen molar-refractivity contribution in [3.63, 3.8) is 0 Å². The van der Waals surface area contributed by atoms with Crippen LogP contribution in [0.2, 0.25) is 0 Å². The van der Waals surface area contributed by atoms with Gasteiger partial charge in [0.2, 0.25) is 0 Å². The standard InChI is InChI=1S/C10H10Cl2O2/c1-14-10(13)9(12)8-5-3-2-4-7(8)6-11/h2-5,9H,6H2,1H3. The van der Waals surface area contributed by atoms with Crippen LogP contribution in [0.1, 0.15) is 16.5 Å². The molecule has 0 N–H and O–H groups in total. The zero-order chi connectivity index (χ0) is 10.6. The largest absolute Gasteiger partial charge is 0.468 e. The summed E-state index contributed by atoms with van der Waals surface area (Å²) in [4.78, 5) is 11.2. The predicted octanol–water partition coefficient (Wildman–Crippen LogP) is 2.88. The van der Waals surface area contributed by atoms with E-state index in [-0.39, 0.29) is 0 Å². The fourth-order valence-electron chi connectivity index (χ4n) is 1.13. The molecule has 0 bridgehead atoms. The summed E-state index contributed by atoms with van der Waals surface area (Å²) in [5.41, 5.74) is 1.55. The number of ether oxygens (including phenoxy) is 1. The van der Waals surface area contributed by atoms with E-state index in [1.54, 1.807) is 6.07 Å². The summed E-state index contributed by atoms with van der Waals surface area (Å²) in [6.45, 7) is 0. The summed E-state index contributed by atoms with van der Waals surface area (Å²) in [6, 6.07) is 7.26. The minimum Gasteiger partial charge on any atom is -0.468 e. The quantitative estimate of drug-likeness (QED) is 0.592. The van der Waals surface area contributed by atoms with Crippen molar-refractivity contribution in [1.29, 1.82) is 0 Å². The molecule has 0 spiro atoms. The van der Waals surface area contributed by atoms with Crippen LogP contribution in [0.4, 0.5) is 0 Å². The van der Waals surface area contributed by atoms with Gasteiger partial charge in [0.25, 0.3) is 0 Å². The highest BCUT2D eigenvalue weighted by atomic mass is 35.5. The molecule has 0 fully saturated rings. The van der Waals surface area contributed by atoms with E-state index < -0.39 is 11.3 Å². The molecule has 0 aromatic heterocycles. The number of rotatable bonds is 3. The minimum atomic E-state index is -0.782. The molecule has 1 rings (SSSR count). The summed E-state index contributed by atoms with van der Waals surface area (Å²) in [7, 11) is 1.31. The van der Waals surface area contributed by atoms with Crippen molar-refractivity contribution in [2.45, 2.75) is 11.3 Å². The lowest BCUT2D eigenvalue weighted by molar-refractivity contribution is -0.140. The normalized spacial score (nSPS) is 12.2. The first-order chi connectivity index (χ1) is 6.70. The van der Waals surface area contributed by atoms with Crippen LogP contribution in [-0.2, 0) is 15.4 Å². The Hall–Kier alpha value is -0.730. The van der Waals surface area contributed by atoms with Crippen LogP contribution in [0.3, 0.4) is 0 Å². The second-order valence-electron chi connectivity index (χ2n) is 2.72. The van der Waals surface area contributed by atoms with E-state index in [1.807, 2.05) is 18.2 Å². The molecule has 0 amide bonds. The Morgan fingerprint density at radius 1 is 1.50 bits per heavy atom. The van der Waals surface area contributed by atoms with Crippen LogP contribution < -0.4 is 0 Å². The summed E-state index contributed by atoms with van der Waals surface area (Å²) < 4.78 is 4.55. The number of hydrogen-bond donors (Lipinski definition) is 0. The van der Waals surface area contributed by atoms with E-state index in [0.29, 0.717) is 11.4 Å². The highest BCUT2D eigenvalue weighted by Crippen LogP contribution is 2.26. The third-order valence-electron chi connectivity index (χ3n) is 1.88. The van der Waals surface area contributed by atoms with Crippen molar-refractivity contribution in [3.05, 3.63) is 35.4 Å². The van der Waals surface area contributed by atoms with Crippen molar-refractivity contribution < 1.29 is 9.53 Å². The van der Waals surface area contributed by atoms with Gasteiger partial charge < -0.3 is 4.74 Å². The van der Waals surface area contributed by atoms with Crippen LogP contribution in [0.25, 0.3) is 0 Å². The van der Waals surface area contributed by atoms with E-state index in [4.69, 9.17) is 23.2 Å². The average molecular weight is 233 g/mol. The number of hydrogen-bond acceptors (Lipinski definition) is 2. The van der Waals surface area contributed by atoms with E-state index in [0.717, 1.165) is 5.56 Å². The third kappa shape index (κ3) is 2.40. The second kappa shape index (κ2) is 5.23. The van der Waals surface area contributed by atoms with Crippen molar-refractivity contribution >= 4 is 29.2 Å². The molecule has 2 nitrogen and oxygen atoms in total. The van der Waals surface area contributed by atoms with E-state index in [2.05, 4.69) is 4.74 Å². The molecule has 0 saturated heterocycles. The molecule has 0 heterocycles. The van der Waals surface area contributed by atoms with Gasteiger partial charge in [-0.15, -0.1) is 23.2 Å². The van der Waals surface area contributed by atoms with E-state index >= 15 is 0 Å². The molecular weight excluding hydrogens is 223 g/mol. The van der Waals surface area contributed by atoms with Gasteiger partial charge in [-0.3, -0.25) is 4.79 Å². The molecule has 1 unspecified atom stereocenters. The first kappa shape index (κ1) is 11.3. The van der Waals surface area contributed by atoms with Gasteiger partial charge >= 0.3 is 5.97 Å². The summed E-state index contributed by atoms with van der Waals surface area (Å²) in [5.74, 6) is -0.139. The van der Waals surface area contributed by atoms with Crippen molar-refractivity contribution in [2.75, 3.05) is 7.11 Å². The molecule has 0 aliphatic carbocycles. The molecule has 76 valence electrons. The number of benzene rings is 1. The molecular formula is C10H10Cl2O2. The zero-order valence-electron chi connectivity index (χ0n) is 7.67. The van der Waals surface area contributed by atoms with Crippen LogP contribution >= 0.6 is 23.2 Å². The molecule has 1 atom stereocenters. The SMILES string of the molecule is COC(=O)C(Cl)c1ccccc1CCl. The predicted molar refractivity (Wildman–Crippen MR) is 56.6 cm³/mol. The molecule has 1 aromatic rings. The molecule has 1 aromatic carbocycles. The first-order valence-corrected chi connectivity index (χ1v) is 5.03. The Morgan fingerprint density at radius 2 is 2.14 bits per heavy atom. The van der Waals surface area contributed by atoms with E-state index in [9.17, 15) is 4.79 Å². The highest BCUT2D eigenvalue weighted by molar-refractivity contribution is 6.30. The van der Waals surface area contributed by atoms with Crippen LogP contribution in [0, 0.1) is 0 Å². The van der Waals surface area contributed by atoms with Crippen molar-refractivity contribution in [1.82, 2.24) is 0 Å². The highest BCUT2D eigenvalue weighted by Gasteiger charge is 2.20. The van der Waals surface area contributed by atoms with Gasteiger partial charge in [0, 0.05) is 5.88 Å². The molecule has 0 aliphatic rings. The summed E-state index contributed by atoms with van der Waals surface area (Å²) >= 11 is 11.6. The van der Waals surface area contributed by atoms with Gasteiger partial charge in [0.05, 0.1) is 7.11 Å². The van der Waals surface area contributed by atoms with Crippen LogP contribution in [0.15, 0.2) is 24.3 Å². The number of carbonyl (C=O) groups excluding carboxylic acids is 1. The van der Waals surface area contributed by atoms with Gasteiger partial charge in [-0.25, -0.2) is 0 Å². The van der Waals surface area contributed by atoms with Crippen LogP contribution in [-0.4, -0.2) is 13.1 Å². The summed E-state index contributed by atoms with van der Waals surface area (Å²) in [6.07, 6.45) is 0. The number of halogens is 2. The number of esters is 1. The number of alkyl halides is 2. The lowest BCUT2D eigenvalue weighted by Gasteiger charge is -2.10. The maximum absolute atomic E-state index is 11.2. The van der Waals surface area contributed by atoms with Gasteiger partial charge in [0.1, 0.15) is 0 Å². The average Bonchev–Trinajstić information content (AvgIpc) is 2.26. The lowest BCUT2D eigenvalue weighted by Crippen LogP contribution is -2.10. The number of methoxy groups -OCH3 is 1. The molecule has 0 saturated carbocycles. The second-order valence-corrected chi connectivity index (χ2v) is 3.42. The van der Waals surface area contributed by atoms with Gasteiger partial charge in [-0.2, -0.15) is 0 Å². The van der Waals surface area contributed by atoms with Gasteiger partial charge in [0.15, 0.2) is 5.38 Å². The topological polar surface area (TPSA) is 26.3 Å². The molecule has 4 heteroatoms. The lowest BCUT2D eigenvalue weighted by atomic mass is 10.1. The Labute approximate surface area is 92.8 Å². The molecule has 0 aliphatic heterocycles. The first-order valence-electron chi connectivity index (χ1n) is 4.06.